The Kier molecular flexibility index (Phi) is 6.27. The molecule has 0 spiro atoms. The summed E-state index contributed by atoms with van der Waals surface area (Å²) in [4.78, 5) is 25.1. The van der Waals surface area contributed by atoms with Gasteiger partial charge in [-0.3, -0.25) is 4.79 Å². The number of rotatable bonds is 6. The molecule has 1 aliphatic heterocycles. The van der Waals surface area contributed by atoms with Gasteiger partial charge in [-0.25, -0.2) is 9.97 Å². The van der Waals surface area contributed by atoms with Crippen molar-refractivity contribution >= 4 is 23.6 Å². The van der Waals surface area contributed by atoms with Crippen LogP contribution in [0.5, 0.6) is 0 Å². The van der Waals surface area contributed by atoms with Gasteiger partial charge in [0.05, 0.1) is 0 Å². The summed E-state index contributed by atoms with van der Waals surface area (Å²) >= 11 is 1.42. The molecule has 3 heterocycles. The van der Waals surface area contributed by atoms with Crippen molar-refractivity contribution in [2.45, 2.75) is 25.5 Å². The highest BCUT2D eigenvalue weighted by molar-refractivity contribution is 7.99. The van der Waals surface area contributed by atoms with Crippen molar-refractivity contribution in [3.05, 3.63) is 47.8 Å². The van der Waals surface area contributed by atoms with Crippen molar-refractivity contribution in [3.63, 3.8) is 0 Å². The molecule has 0 N–H and O–H groups in total. The lowest BCUT2D eigenvalue weighted by atomic mass is 10.1. The van der Waals surface area contributed by atoms with Gasteiger partial charge < -0.3 is 14.2 Å². The van der Waals surface area contributed by atoms with E-state index in [2.05, 4.69) is 31.1 Å². The standard InChI is InChI=1S/C21H24N6O2S/c1-15-12-16(2)14-17(13-15)19-24-25-21(29-19)30-11-4-18(28)26-7-9-27(10-8-26)20-22-5-3-6-23-20/h3,5-6,12-14H,4,7-11H2,1-2H3. The number of piperazine rings is 1. The molecule has 0 radical (unpaired) electrons. The zero-order valence-corrected chi connectivity index (χ0v) is 17.9. The highest BCUT2D eigenvalue weighted by atomic mass is 32.2. The lowest BCUT2D eigenvalue weighted by Crippen LogP contribution is -2.49. The predicted octanol–water partition coefficient (Wildman–Crippen LogP) is 2.97. The van der Waals surface area contributed by atoms with E-state index in [1.54, 1.807) is 18.5 Å². The predicted molar refractivity (Wildman–Crippen MR) is 115 cm³/mol. The second-order valence-corrected chi connectivity index (χ2v) is 8.31. The van der Waals surface area contributed by atoms with Crippen molar-refractivity contribution in [1.82, 2.24) is 25.1 Å². The molecule has 2 aromatic heterocycles. The Morgan fingerprint density at radius 3 is 2.43 bits per heavy atom. The van der Waals surface area contributed by atoms with Crippen LogP contribution in [0.4, 0.5) is 5.95 Å². The summed E-state index contributed by atoms with van der Waals surface area (Å²) in [7, 11) is 0. The lowest BCUT2D eigenvalue weighted by molar-refractivity contribution is -0.131. The molecule has 1 amide bonds. The Morgan fingerprint density at radius 2 is 1.73 bits per heavy atom. The van der Waals surface area contributed by atoms with Gasteiger partial charge in [-0.05, 0) is 32.0 Å². The summed E-state index contributed by atoms with van der Waals surface area (Å²) in [5, 5.41) is 8.74. The monoisotopic (exact) mass is 424 g/mol. The molecule has 1 aliphatic rings. The van der Waals surface area contributed by atoms with E-state index in [1.807, 2.05) is 30.9 Å². The van der Waals surface area contributed by atoms with E-state index in [9.17, 15) is 4.79 Å². The first-order valence-electron chi connectivity index (χ1n) is 9.93. The van der Waals surface area contributed by atoms with Gasteiger partial charge in [-0.1, -0.05) is 29.0 Å². The number of aromatic nitrogens is 4. The Bertz CT molecular complexity index is 981. The van der Waals surface area contributed by atoms with E-state index < -0.39 is 0 Å². The lowest BCUT2D eigenvalue weighted by Gasteiger charge is -2.34. The molecule has 0 unspecified atom stereocenters. The second kappa shape index (κ2) is 9.25. The van der Waals surface area contributed by atoms with Crippen LogP contribution in [0, 0.1) is 13.8 Å². The highest BCUT2D eigenvalue weighted by Crippen LogP contribution is 2.25. The molecule has 3 aromatic rings. The van der Waals surface area contributed by atoms with Crippen LogP contribution in [0.3, 0.4) is 0 Å². The fourth-order valence-corrected chi connectivity index (χ4v) is 4.16. The molecule has 8 nitrogen and oxygen atoms in total. The van der Waals surface area contributed by atoms with E-state index in [0.717, 1.165) is 35.7 Å². The van der Waals surface area contributed by atoms with Gasteiger partial charge in [-0.2, -0.15) is 0 Å². The number of thioether (sulfide) groups is 1. The van der Waals surface area contributed by atoms with Gasteiger partial charge in [0.15, 0.2) is 0 Å². The van der Waals surface area contributed by atoms with Crippen LogP contribution < -0.4 is 4.90 Å². The first-order valence-corrected chi connectivity index (χ1v) is 10.9. The maximum atomic E-state index is 12.5. The number of amides is 1. The molecule has 1 aromatic carbocycles. The van der Waals surface area contributed by atoms with Gasteiger partial charge in [0.1, 0.15) is 0 Å². The maximum Gasteiger partial charge on any atom is 0.276 e. The minimum absolute atomic E-state index is 0.144. The Balaban J connectivity index is 1.24. The topological polar surface area (TPSA) is 88.3 Å². The van der Waals surface area contributed by atoms with Crippen LogP contribution in [0.25, 0.3) is 11.5 Å². The van der Waals surface area contributed by atoms with E-state index in [4.69, 9.17) is 4.42 Å². The summed E-state index contributed by atoms with van der Waals surface area (Å²) in [6.45, 7) is 6.93. The molecular formula is C21H24N6O2S. The van der Waals surface area contributed by atoms with Crippen LogP contribution in [0.1, 0.15) is 17.5 Å². The molecule has 0 aliphatic carbocycles. The number of anilines is 1. The van der Waals surface area contributed by atoms with Crippen molar-refractivity contribution in [2.24, 2.45) is 0 Å². The van der Waals surface area contributed by atoms with Gasteiger partial charge >= 0.3 is 0 Å². The van der Waals surface area contributed by atoms with E-state index in [0.29, 0.717) is 36.4 Å². The largest absolute Gasteiger partial charge is 0.411 e. The number of hydrogen-bond acceptors (Lipinski definition) is 8. The van der Waals surface area contributed by atoms with Gasteiger partial charge in [-0.15, -0.1) is 10.2 Å². The first-order chi connectivity index (χ1) is 14.6. The Hall–Kier alpha value is -2.94. The number of aryl methyl sites for hydroxylation is 2. The zero-order chi connectivity index (χ0) is 20.9. The molecule has 0 bridgehead atoms. The minimum Gasteiger partial charge on any atom is -0.411 e. The average molecular weight is 425 g/mol. The van der Waals surface area contributed by atoms with Crippen LogP contribution in [-0.2, 0) is 4.79 Å². The summed E-state index contributed by atoms with van der Waals surface area (Å²) in [6.07, 6.45) is 3.91. The molecular weight excluding hydrogens is 400 g/mol. The molecule has 156 valence electrons. The molecule has 9 heteroatoms. The van der Waals surface area contributed by atoms with E-state index >= 15 is 0 Å². The van der Waals surface area contributed by atoms with Crippen LogP contribution >= 0.6 is 11.8 Å². The van der Waals surface area contributed by atoms with Gasteiger partial charge in [0.25, 0.3) is 5.22 Å². The number of nitrogens with zero attached hydrogens (tertiary/aromatic N) is 6. The fraction of sp³-hybridized carbons (Fsp3) is 0.381. The third kappa shape index (κ3) is 4.96. The highest BCUT2D eigenvalue weighted by Gasteiger charge is 2.22. The van der Waals surface area contributed by atoms with Crippen molar-refractivity contribution < 1.29 is 9.21 Å². The smallest absolute Gasteiger partial charge is 0.276 e. The van der Waals surface area contributed by atoms with Gasteiger partial charge in [0.2, 0.25) is 17.7 Å². The van der Waals surface area contributed by atoms with Crippen LogP contribution in [0.2, 0.25) is 0 Å². The average Bonchev–Trinajstić information content (AvgIpc) is 3.23. The SMILES string of the molecule is Cc1cc(C)cc(-c2nnc(SCCC(=O)N3CCN(c4ncccn4)CC3)o2)c1. The third-order valence-electron chi connectivity index (χ3n) is 4.88. The quantitative estimate of drug-likeness (QED) is 0.558. The fourth-order valence-electron chi connectivity index (χ4n) is 3.48. The van der Waals surface area contributed by atoms with E-state index in [1.165, 1.54) is 11.8 Å². The molecule has 0 atom stereocenters. The molecule has 1 saturated heterocycles. The summed E-state index contributed by atoms with van der Waals surface area (Å²) in [5.41, 5.74) is 3.23. The minimum atomic E-state index is 0.144. The molecule has 4 rings (SSSR count). The number of carbonyl (C=O) groups excluding carboxylic acids is 1. The third-order valence-corrected chi connectivity index (χ3v) is 5.70. The number of hydrogen-bond donors (Lipinski definition) is 0. The second-order valence-electron chi connectivity index (χ2n) is 7.26. The summed E-state index contributed by atoms with van der Waals surface area (Å²) in [6, 6.07) is 7.96. The maximum absolute atomic E-state index is 12.5. The normalized spacial score (nSPS) is 14.2. The van der Waals surface area contributed by atoms with Crippen LogP contribution in [-0.4, -0.2) is 62.9 Å². The van der Waals surface area contributed by atoms with Crippen molar-refractivity contribution in [3.8, 4) is 11.5 Å². The summed E-state index contributed by atoms with van der Waals surface area (Å²) < 4.78 is 5.77. The van der Waals surface area contributed by atoms with Gasteiger partial charge in [0, 0.05) is 56.3 Å². The summed E-state index contributed by atoms with van der Waals surface area (Å²) in [5.74, 6) is 1.98. The molecule has 0 saturated carbocycles. The molecule has 30 heavy (non-hydrogen) atoms. The van der Waals surface area contributed by atoms with Crippen molar-refractivity contribution in [2.75, 3.05) is 36.8 Å². The number of benzene rings is 1. The van der Waals surface area contributed by atoms with Crippen molar-refractivity contribution in [1.29, 1.82) is 0 Å². The number of carbonyl (C=O) groups is 1. The Labute approximate surface area is 179 Å². The Morgan fingerprint density at radius 1 is 1.03 bits per heavy atom. The van der Waals surface area contributed by atoms with E-state index in [-0.39, 0.29) is 5.91 Å². The first kappa shape index (κ1) is 20.3. The molecule has 1 fully saturated rings. The van der Waals surface area contributed by atoms with Crippen LogP contribution in [0.15, 0.2) is 46.3 Å². The zero-order valence-electron chi connectivity index (χ0n) is 17.1.